The van der Waals surface area contributed by atoms with Crippen LogP contribution in [0.4, 0.5) is 21.6 Å². The molecule has 3 aromatic carbocycles. The van der Waals surface area contributed by atoms with E-state index in [-0.39, 0.29) is 12.2 Å². The number of carbonyl (C=O) groups is 1. The van der Waals surface area contributed by atoms with Gasteiger partial charge in [-0.2, -0.15) is 8.42 Å². The zero-order valence-electron chi connectivity index (χ0n) is 23.6. The molecule has 0 radical (unpaired) electrons. The largest absolute Gasteiger partial charge is 0.494 e. The van der Waals surface area contributed by atoms with Gasteiger partial charge in [-0.1, -0.05) is 16.6 Å². The lowest BCUT2D eigenvalue weighted by atomic mass is 9.94. The molecule has 12 heteroatoms. The highest BCUT2D eigenvalue weighted by molar-refractivity contribution is 7.92. The minimum absolute atomic E-state index is 0.00191. The van der Waals surface area contributed by atoms with Crippen molar-refractivity contribution in [2.24, 2.45) is 5.92 Å². The van der Waals surface area contributed by atoms with Crippen LogP contribution in [0.2, 0.25) is 0 Å². The molecule has 4 aromatic rings. The molecule has 5 rings (SSSR count). The van der Waals surface area contributed by atoms with Gasteiger partial charge in [-0.05, 0) is 106 Å². The lowest BCUT2D eigenvalue weighted by Gasteiger charge is -2.28. The molecule has 10 nitrogen and oxygen atoms in total. The predicted molar refractivity (Wildman–Crippen MR) is 161 cm³/mol. The Morgan fingerprint density at radius 3 is 2.44 bits per heavy atom. The molecule has 0 unspecified atom stereocenters. The van der Waals surface area contributed by atoms with E-state index in [0.717, 1.165) is 43.0 Å². The van der Waals surface area contributed by atoms with Crippen molar-refractivity contribution in [3.05, 3.63) is 91.0 Å². The van der Waals surface area contributed by atoms with Crippen molar-refractivity contribution in [3.8, 4) is 17.0 Å². The molecule has 0 spiro atoms. The molecule has 0 atom stereocenters. The van der Waals surface area contributed by atoms with Crippen LogP contribution in [0.1, 0.15) is 19.3 Å². The van der Waals surface area contributed by atoms with Gasteiger partial charge in [0.15, 0.2) is 0 Å². The predicted octanol–water partition coefficient (Wildman–Crippen LogP) is 5.42. The van der Waals surface area contributed by atoms with Crippen molar-refractivity contribution in [1.82, 2.24) is 14.9 Å². The number of piperidine rings is 1. The SMILES string of the molecule is CN1CCC(CCOc2ccc(-c3cc(Nc4ccc(N(OC=O)S(=O)(=O)c5ccccc5F)cc4)ncn3)cc2)CC1. The van der Waals surface area contributed by atoms with Crippen LogP contribution in [0.3, 0.4) is 0 Å². The second-order valence-electron chi connectivity index (χ2n) is 10.2. The van der Waals surface area contributed by atoms with Crippen LogP contribution in [0.25, 0.3) is 11.3 Å². The molecule has 1 aliphatic rings. The highest BCUT2D eigenvalue weighted by atomic mass is 32.2. The summed E-state index contributed by atoms with van der Waals surface area (Å²) >= 11 is 0. The highest BCUT2D eigenvalue weighted by Gasteiger charge is 2.29. The highest BCUT2D eigenvalue weighted by Crippen LogP contribution is 2.29. The molecule has 0 saturated carbocycles. The molecule has 1 aliphatic heterocycles. The number of anilines is 3. The normalized spacial score (nSPS) is 14.2. The van der Waals surface area contributed by atoms with Crippen LogP contribution in [0.5, 0.6) is 5.75 Å². The fourth-order valence-electron chi connectivity index (χ4n) is 4.85. The number of hydrogen-bond donors (Lipinski definition) is 1. The third-order valence-corrected chi connectivity index (χ3v) is 8.89. The van der Waals surface area contributed by atoms with Gasteiger partial charge in [0.25, 0.3) is 10.0 Å². The topological polar surface area (TPSA) is 114 Å². The number of halogens is 1. The van der Waals surface area contributed by atoms with Crippen LogP contribution in [0.15, 0.2) is 90.1 Å². The Labute approximate surface area is 250 Å². The molecule has 1 aromatic heterocycles. The van der Waals surface area contributed by atoms with Gasteiger partial charge < -0.3 is 19.8 Å². The summed E-state index contributed by atoms with van der Waals surface area (Å²) < 4.78 is 46.6. The maximum absolute atomic E-state index is 14.2. The number of benzene rings is 3. The number of ether oxygens (including phenoxy) is 1. The van der Waals surface area contributed by atoms with Crippen LogP contribution in [0, 0.1) is 11.7 Å². The average molecular weight is 606 g/mol. The van der Waals surface area contributed by atoms with Crippen LogP contribution >= 0.6 is 0 Å². The van der Waals surface area contributed by atoms with Crippen molar-refractivity contribution >= 4 is 33.7 Å². The van der Waals surface area contributed by atoms with E-state index < -0.39 is 20.7 Å². The first-order valence-corrected chi connectivity index (χ1v) is 15.3. The number of rotatable bonds is 12. The number of nitrogens with zero attached hydrogens (tertiary/aromatic N) is 4. The Morgan fingerprint density at radius 1 is 1.02 bits per heavy atom. The zero-order chi connectivity index (χ0) is 30.2. The summed E-state index contributed by atoms with van der Waals surface area (Å²) in [6, 6.07) is 20.4. The first kappa shape index (κ1) is 29.9. The summed E-state index contributed by atoms with van der Waals surface area (Å²) in [5.41, 5.74) is 2.17. The fraction of sp³-hybridized carbons (Fsp3) is 0.258. The fourth-order valence-corrected chi connectivity index (χ4v) is 6.14. The summed E-state index contributed by atoms with van der Waals surface area (Å²) in [6.07, 6.45) is 4.94. The number of sulfonamides is 1. The first-order chi connectivity index (χ1) is 20.8. The molecular formula is C31H32FN5O5S. The van der Waals surface area contributed by atoms with E-state index >= 15 is 0 Å². The van der Waals surface area contributed by atoms with Gasteiger partial charge in [0.1, 0.15) is 28.6 Å². The van der Waals surface area contributed by atoms with Crippen molar-refractivity contribution < 1.29 is 27.2 Å². The second kappa shape index (κ2) is 13.6. The Kier molecular flexibility index (Phi) is 9.48. The smallest absolute Gasteiger partial charge is 0.322 e. The van der Waals surface area contributed by atoms with E-state index in [9.17, 15) is 17.6 Å². The van der Waals surface area contributed by atoms with Gasteiger partial charge in [-0.15, -0.1) is 0 Å². The van der Waals surface area contributed by atoms with Crippen LogP contribution in [-0.2, 0) is 19.7 Å². The first-order valence-electron chi connectivity index (χ1n) is 13.8. The average Bonchev–Trinajstić information content (AvgIpc) is 3.02. The van der Waals surface area contributed by atoms with Crippen molar-refractivity contribution in [2.75, 3.05) is 36.5 Å². The van der Waals surface area contributed by atoms with Crippen molar-refractivity contribution in [3.63, 3.8) is 0 Å². The molecule has 43 heavy (non-hydrogen) atoms. The quantitative estimate of drug-likeness (QED) is 0.167. The summed E-state index contributed by atoms with van der Waals surface area (Å²) in [6.45, 7) is 2.96. The Balaban J connectivity index is 1.22. The van der Waals surface area contributed by atoms with E-state index in [0.29, 0.717) is 34.2 Å². The van der Waals surface area contributed by atoms with E-state index in [2.05, 4.69) is 27.2 Å². The standard InChI is InChI=1S/C31H32FN5O5S/c1-36-17-14-23(15-18-36)16-19-41-27-12-6-24(7-13-27)29-20-31(34-21-33-29)35-25-8-10-26(11-9-25)37(42-22-38)43(39,40)30-5-3-2-4-28(30)32/h2-13,20-23H,14-19H2,1H3,(H,33,34,35). The van der Waals surface area contributed by atoms with E-state index in [1.807, 2.05) is 24.3 Å². The van der Waals surface area contributed by atoms with Crippen LogP contribution < -0.4 is 14.5 Å². The van der Waals surface area contributed by atoms with Gasteiger partial charge in [0, 0.05) is 17.3 Å². The summed E-state index contributed by atoms with van der Waals surface area (Å²) in [4.78, 5) is 26.2. The molecule has 1 fully saturated rings. The van der Waals surface area contributed by atoms with Gasteiger partial charge in [-0.3, -0.25) is 4.79 Å². The van der Waals surface area contributed by atoms with Crippen molar-refractivity contribution in [1.29, 1.82) is 0 Å². The van der Waals surface area contributed by atoms with Gasteiger partial charge in [0.2, 0.25) is 0 Å². The number of carbonyl (C=O) groups excluding carboxylic acids is 1. The van der Waals surface area contributed by atoms with E-state index in [1.54, 1.807) is 18.2 Å². The van der Waals surface area contributed by atoms with E-state index in [1.165, 1.54) is 43.4 Å². The van der Waals surface area contributed by atoms with Gasteiger partial charge in [-0.25, -0.2) is 14.4 Å². The number of aromatic nitrogens is 2. The molecule has 2 heterocycles. The third-order valence-electron chi connectivity index (χ3n) is 7.27. The maximum Gasteiger partial charge on any atom is 0.322 e. The molecule has 1 saturated heterocycles. The Bertz CT molecular complexity index is 1630. The van der Waals surface area contributed by atoms with Crippen LogP contribution in [-0.4, -0.2) is 56.5 Å². The zero-order valence-corrected chi connectivity index (χ0v) is 24.4. The molecule has 0 amide bonds. The molecule has 0 bridgehead atoms. The monoisotopic (exact) mass is 605 g/mol. The van der Waals surface area contributed by atoms with E-state index in [4.69, 9.17) is 9.57 Å². The summed E-state index contributed by atoms with van der Waals surface area (Å²) in [5, 5.41) is 3.15. The Hall–Kier alpha value is -4.55. The lowest BCUT2D eigenvalue weighted by Crippen LogP contribution is -2.31. The molecular weight excluding hydrogens is 573 g/mol. The molecule has 0 aliphatic carbocycles. The third kappa shape index (κ3) is 7.46. The molecule has 224 valence electrons. The summed E-state index contributed by atoms with van der Waals surface area (Å²) in [7, 11) is -2.35. The molecule has 1 N–H and O–H groups in total. The van der Waals surface area contributed by atoms with Gasteiger partial charge >= 0.3 is 6.47 Å². The Morgan fingerprint density at radius 2 is 1.74 bits per heavy atom. The second-order valence-corrected chi connectivity index (χ2v) is 12.0. The maximum atomic E-state index is 14.2. The van der Waals surface area contributed by atoms with Crippen molar-refractivity contribution in [2.45, 2.75) is 24.2 Å². The number of hydrogen-bond acceptors (Lipinski definition) is 9. The number of nitrogens with one attached hydrogen (secondary N) is 1. The minimum Gasteiger partial charge on any atom is -0.494 e. The summed E-state index contributed by atoms with van der Waals surface area (Å²) in [5.74, 6) is 1.07. The lowest BCUT2D eigenvalue weighted by molar-refractivity contribution is -0.128. The minimum atomic E-state index is -4.52. The number of likely N-dealkylation sites (tertiary alicyclic amines) is 1. The van der Waals surface area contributed by atoms with Gasteiger partial charge in [0.05, 0.1) is 18.0 Å².